The van der Waals surface area contributed by atoms with Gasteiger partial charge in [0.25, 0.3) is 0 Å². The van der Waals surface area contributed by atoms with E-state index >= 15 is 0 Å². The van der Waals surface area contributed by atoms with Crippen molar-refractivity contribution in [3.8, 4) is 0 Å². The summed E-state index contributed by atoms with van der Waals surface area (Å²) >= 11 is 0. The molecule has 2 aliphatic rings. The van der Waals surface area contributed by atoms with Crippen LogP contribution in [0.4, 0.5) is 0 Å². The lowest BCUT2D eigenvalue weighted by molar-refractivity contribution is -0.148. The number of nitrogens with zero attached hydrogens (tertiary/aromatic N) is 2. The summed E-state index contributed by atoms with van der Waals surface area (Å²) in [5.74, 6) is -0.112. The fourth-order valence-corrected chi connectivity index (χ4v) is 3.71. The van der Waals surface area contributed by atoms with E-state index in [1.165, 1.54) is 7.11 Å². The molecule has 1 N–H and O–H groups in total. The van der Waals surface area contributed by atoms with Gasteiger partial charge in [-0.2, -0.15) is 0 Å². The first-order valence-electron chi connectivity index (χ1n) is 7.24. The van der Waals surface area contributed by atoms with Crippen molar-refractivity contribution in [2.24, 2.45) is 0 Å². The molecule has 2 fully saturated rings. The van der Waals surface area contributed by atoms with E-state index in [1.54, 1.807) is 0 Å². The summed E-state index contributed by atoms with van der Waals surface area (Å²) in [5, 5.41) is 3.21. The van der Waals surface area contributed by atoms with Crippen LogP contribution in [0.25, 0.3) is 0 Å². The number of methoxy groups -OCH3 is 1. The highest BCUT2D eigenvalue weighted by atomic mass is 16.5. The maximum Gasteiger partial charge on any atom is 0.326 e. The van der Waals surface area contributed by atoms with Gasteiger partial charge in [-0.1, -0.05) is 0 Å². The van der Waals surface area contributed by atoms with Crippen molar-refractivity contribution in [1.29, 1.82) is 0 Å². The lowest BCUT2D eigenvalue weighted by Gasteiger charge is -2.42. The standard InChI is InChI=1S/C14H27N3O2/c1-11-10-16(3)7-8-17(11)12-5-6-14(9-12,15-2)13(18)19-4/h11-12,15H,5-10H2,1-4H3. The lowest BCUT2D eigenvalue weighted by atomic mass is 9.97. The second-order valence-corrected chi connectivity index (χ2v) is 6.07. The molecule has 1 heterocycles. The fraction of sp³-hybridized carbons (Fsp3) is 0.929. The van der Waals surface area contributed by atoms with Crippen molar-refractivity contribution in [2.75, 3.05) is 40.8 Å². The molecule has 0 spiro atoms. The first kappa shape index (κ1) is 14.8. The van der Waals surface area contributed by atoms with Crippen molar-refractivity contribution in [2.45, 2.75) is 43.8 Å². The molecule has 5 nitrogen and oxygen atoms in total. The Morgan fingerprint density at radius 1 is 1.42 bits per heavy atom. The molecule has 19 heavy (non-hydrogen) atoms. The summed E-state index contributed by atoms with van der Waals surface area (Å²) in [6.07, 6.45) is 2.81. The van der Waals surface area contributed by atoms with E-state index in [1.807, 2.05) is 7.05 Å². The van der Waals surface area contributed by atoms with Crippen LogP contribution in [0.5, 0.6) is 0 Å². The van der Waals surface area contributed by atoms with Crippen molar-refractivity contribution >= 4 is 5.97 Å². The number of rotatable bonds is 3. The molecular weight excluding hydrogens is 242 g/mol. The first-order valence-corrected chi connectivity index (χ1v) is 7.24. The predicted molar refractivity (Wildman–Crippen MR) is 75.1 cm³/mol. The van der Waals surface area contributed by atoms with Gasteiger partial charge in [0, 0.05) is 31.7 Å². The Balaban J connectivity index is 2.03. The molecule has 0 radical (unpaired) electrons. The Labute approximate surface area is 116 Å². The van der Waals surface area contributed by atoms with Crippen LogP contribution >= 0.6 is 0 Å². The van der Waals surface area contributed by atoms with Crippen LogP contribution in [-0.2, 0) is 9.53 Å². The molecule has 0 amide bonds. The molecule has 3 unspecified atom stereocenters. The number of carbonyl (C=O) groups excluding carboxylic acids is 1. The number of ether oxygens (including phenoxy) is 1. The Hall–Kier alpha value is -0.650. The highest BCUT2D eigenvalue weighted by Gasteiger charge is 2.47. The van der Waals surface area contributed by atoms with Crippen LogP contribution in [0.3, 0.4) is 0 Å². The van der Waals surface area contributed by atoms with Crippen LogP contribution < -0.4 is 5.32 Å². The molecule has 0 bridgehead atoms. The SMILES string of the molecule is CNC1(C(=O)OC)CCC(N2CCN(C)CC2C)C1. The fourth-order valence-electron chi connectivity index (χ4n) is 3.71. The number of hydrogen-bond acceptors (Lipinski definition) is 5. The Morgan fingerprint density at radius 3 is 2.74 bits per heavy atom. The normalized spacial score (nSPS) is 37.5. The van der Waals surface area contributed by atoms with Gasteiger partial charge < -0.3 is 15.0 Å². The van der Waals surface area contributed by atoms with Crippen molar-refractivity contribution < 1.29 is 9.53 Å². The number of hydrogen-bond donors (Lipinski definition) is 1. The van der Waals surface area contributed by atoms with E-state index in [-0.39, 0.29) is 5.97 Å². The highest BCUT2D eigenvalue weighted by Crippen LogP contribution is 2.35. The van der Waals surface area contributed by atoms with E-state index in [4.69, 9.17) is 4.74 Å². The van der Waals surface area contributed by atoms with Gasteiger partial charge in [-0.05, 0) is 40.3 Å². The first-order chi connectivity index (χ1) is 9.02. The Kier molecular flexibility index (Phi) is 4.48. The van der Waals surface area contributed by atoms with Gasteiger partial charge >= 0.3 is 5.97 Å². The third kappa shape index (κ3) is 2.78. The molecule has 110 valence electrons. The van der Waals surface area contributed by atoms with Crippen LogP contribution in [0.15, 0.2) is 0 Å². The van der Waals surface area contributed by atoms with Gasteiger partial charge in [-0.25, -0.2) is 0 Å². The minimum absolute atomic E-state index is 0.112. The number of nitrogens with one attached hydrogen (secondary N) is 1. The van der Waals surface area contributed by atoms with E-state index in [0.717, 1.165) is 38.9 Å². The van der Waals surface area contributed by atoms with Crippen LogP contribution in [-0.4, -0.2) is 74.2 Å². The largest absolute Gasteiger partial charge is 0.468 e. The van der Waals surface area contributed by atoms with Crippen LogP contribution in [0, 0.1) is 0 Å². The third-order valence-corrected chi connectivity index (χ3v) is 4.89. The molecular formula is C14H27N3O2. The quantitative estimate of drug-likeness (QED) is 0.747. The zero-order valence-corrected chi connectivity index (χ0v) is 12.6. The van der Waals surface area contributed by atoms with Crippen LogP contribution in [0.1, 0.15) is 26.2 Å². The van der Waals surface area contributed by atoms with Crippen molar-refractivity contribution in [1.82, 2.24) is 15.1 Å². The number of carbonyl (C=O) groups is 1. The zero-order valence-electron chi connectivity index (χ0n) is 12.6. The minimum atomic E-state index is -0.470. The maximum absolute atomic E-state index is 12.0. The zero-order chi connectivity index (χ0) is 14.0. The summed E-state index contributed by atoms with van der Waals surface area (Å²) in [4.78, 5) is 17.0. The summed E-state index contributed by atoms with van der Waals surface area (Å²) in [6, 6.07) is 1.06. The Morgan fingerprint density at radius 2 is 2.16 bits per heavy atom. The van der Waals surface area contributed by atoms with E-state index < -0.39 is 5.54 Å². The van der Waals surface area contributed by atoms with E-state index in [2.05, 4.69) is 29.1 Å². The van der Waals surface area contributed by atoms with Gasteiger partial charge in [-0.15, -0.1) is 0 Å². The molecule has 2 rings (SSSR count). The second kappa shape index (κ2) is 5.77. The number of esters is 1. The van der Waals surface area contributed by atoms with Crippen LogP contribution in [0.2, 0.25) is 0 Å². The predicted octanol–water partition coefficient (Wildman–Crippen LogP) is 0.306. The average molecular weight is 269 g/mol. The monoisotopic (exact) mass is 269 g/mol. The molecule has 1 saturated carbocycles. The van der Waals surface area contributed by atoms with Gasteiger partial charge in [-0.3, -0.25) is 9.69 Å². The molecule has 0 aromatic heterocycles. The summed E-state index contributed by atoms with van der Waals surface area (Å²) in [7, 11) is 5.52. The van der Waals surface area contributed by atoms with E-state index in [9.17, 15) is 4.79 Å². The summed E-state index contributed by atoms with van der Waals surface area (Å²) < 4.78 is 4.98. The van der Waals surface area contributed by atoms with Gasteiger partial charge in [0.15, 0.2) is 0 Å². The average Bonchev–Trinajstić information content (AvgIpc) is 2.83. The Bertz CT molecular complexity index is 337. The number of piperazine rings is 1. The smallest absolute Gasteiger partial charge is 0.326 e. The van der Waals surface area contributed by atoms with Crippen molar-refractivity contribution in [3.63, 3.8) is 0 Å². The molecule has 5 heteroatoms. The molecule has 0 aromatic rings. The van der Waals surface area contributed by atoms with E-state index in [0.29, 0.717) is 12.1 Å². The van der Waals surface area contributed by atoms with Gasteiger partial charge in [0.1, 0.15) is 5.54 Å². The van der Waals surface area contributed by atoms with Gasteiger partial charge in [0.2, 0.25) is 0 Å². The maximum atomic E-state index is 12.0. The number of likely N-dealkylation sites (N-methyl/N-ethyl adjacent to an activating group) is 2. The minimum Gasteiger partial charge on any atom is -0.468 e. The third-order valence-electron chi connectivity index (χ3n) is 4.89. The summed E-state index contributed by atoms with van der Waals surface area (Å²) in [6.45, 7) is 5.61. The van der Waals surface area contributed by atoms with Crippen molar-refractivity contribution in [3.05, 3.63) is 0 Å². The summed E-state index contributed by atoms with van der Waals surface area (Å²) in [5.41, 5.74) is -0.470. The topological polar surface area (TPSA) is 44.8 Å². The molecule has 0 aromatic carbocycles. The molecule has 1 aliphatic carbocycles. The van der Waals surface area contributed by atoms with Gasteiger partial charge in [0.05, 0.1) is 7.11 Å². The highest BCUT2D eigenvalue weighted by molar-refractivity contribution is 5.81. The molecule has 1 aliphatic heterocycles. The second-order valence-electron chi connectivity index (χ2n) is 6.07. The molecule has 1 saturated heterocycles. The molecule has 3 atom stereocenters. The lowest BCUT2D eigenvalue weighted by Crippen LogP contribution is -2.55.